The molecule has 0 spiro atoms. The lowest BCUT2D eigenvalue weighted by Crippen LogP contribution is -2.44. The van der Waals surface area contributed by atoms with Crippen molar-refractivity contribution in [2.24, 2.45) is 0 Å². The van der Waals surface area contributed by atoms with Crippen molar-refractivity contribution >= 4 is 5.69 Å². The number of hydrogen-bond donors (Lipinski definition) is 1. The van der Waals surface area contributed by atoms with E-state index in [0.29, 0.717) is 18.8 Å². The molecule has 0 aliphatic carbocycles. The van der Waals surface area contributed by atoms with Crippen LogP contribution in [0.15, 0.2) is 73.1 Å². The molecule has 31 heavy (non-hydrogen) atoms. The molecule has 1 aromatic heterocycles. The first kappa shape index (κ1) is 21.3. The first-order chi connectivity index (χ1) is 14.9. The number of para-hydroxylation sites is 1. The van der Waals surface area contributed by atoms with Crippen LogP contribution in [0.25, 0.3) is 0 Å². The van der Waals surface area contributed by atoms with Crippen LogP contribution < -0.4 is 10.2 Å². The van der Waals surface area contributed by atoms with Crippen molar-refractivity contribution < 1.29 is 17.6 Å². The summed E-state index contributed by atoms with van der Waals surface area (Å²) in [7, 11) is 0. The summed E-state index contributed by atoms with van der Waals surface area (Å²) in [6, 6.07) is 15.6. The van der Waals surface area contributed by atoms with Crippen LogP contribution in [0.2, 0.25) is 0 Å². The molecule has 0 saturated carbocycles. The lowest BCUT2D eigenvalue weighted by atomic mass is 9.95. The third kappa shape index (κ3) is 5.05. The lowest BCUT2D eigenvalue weighted by molar-refractivity contribution is -0.137. The maximum atomic E-state index is 14.1. The van der Waals surface area contributed by atoms with Gasteiger partial charge in [0, 0.05) is 31.5 Å². The monoisotopic (exact) mass is 429 g/mol. The van der Waals surface area contributed by atoms with Crippen LogP contribution >= 0.6 is 0 Å². The van der Waals surface area contributed by atoms with Gasteiger partial charge in [0.25, 0.3) is 0 Å². The van der Waals surface area contributed by atoms with Gasteiger partial charge < -0.3 is 10.2 Å². The summed E-state index contributed by atoms with van der Waals surface area (Å²) in [6.45, 7) is 1.40. The highest BCUT2D eigenvalue weighted by Gasteiger charge is 2.31. The Hall–Kier alpha value is -2.93. The average Bonchev–Trinajstić information content (AvgIpc) is 2.78. The van der Waals surface area contributed by atoms with E-state index in [-0.39, 0.29) is 17.9 Å². The fraction of sp³-hybridized carbons (Fsp3) is 0.292. The SMILES string of the molecule is Fc1ccccc1N1CCC(NC(c2ccc(C(F)(F)F)cc2)c2cccnc2)CC1. The van der Waals surface area contributed by atoms with Gasteiger partial charge >= 0.3 is 6.18 Å². The third-order valence-electron chi connectivity index (χ3n) is 5.68. The van der Waals surface area contributed by atoms with Gasteiger partial charge in [-0.05, 0) is 54.3 Å². The van der Waals surface area contributed by atoms with Crippen LogP contribution in [-0.2, 0) is 6.18 Å². The maximum Gasteiger partial charge on any atom is 0.416 e. The van der Waals surface area contributed by atoms with Crippen molar-refractivity contribution in [3.05, 3.63) is 95.6 Å². The predicted octanol–water partition coefficient (Wildman–Crippen LogP) is 5.59. The molecular weight excluding hydrogens is 406 g/mol. The third-order valence-corrected chi connectivity index (χ3v) is 5.68. The number of alkyl halides is 3. The normalized spacial score (nSPS) is 16.3. The number of aromatic nitrogens is 1. The molecule has 7 heteroatoms. The molecule has 1 aliphatic rings. The molecule has 1 saturated heterocycles. The van der Waals surface area contributed by atoms with Crippen molar-refractivity contribution in [1.29, 1.82) is 0 Å². The first-order valence-electron chi connectivity index (χ1n) is 10.2. The largest absolute Gasteiger partial charge is 0.416 e. The highest BCUT2D eigenvalue weighted by molar-refractivity contribution is 5.48. The van der Waals surface area contributed by atoms with Crippen LogP contribution in [0.3, 0.4) is 0 Å². The van der Waals surface area contributed by atoms with Gasteiger partial charge in [-0.2, -0.15) is 13.2 Å². The number of benzene rings is 2. The number of pyridine rings is 1. The fourth-order valence-electron chi connectivity index (χ4n) is 4.03. The van der Waals surface area contributed by atoms with Gasteiger partial charge in [0.2, 0.25) is 0 Å². The molecule has 3 nitrogen and oxygen atoms in total. The summed E-state index contributed by atoms with van der Waals surface area (Å²) in [6.07, 6.45) is 0.622. The van der Waals surface area contributed by atoms with Crippen molar-refractivity contribution in [2.45, 2.75) is 31.1 Å². The predicted molar refractivity (Wildman–Crippen MR) is 112 cm³/mol. The topological polar surface area (TPSA) is 28.2 Å². The van der Waals surface area contributed by atoms with Crippen molar-refractivity contribution in [3.63, 3.8) is 0 Å². The number of nitrogens with zero attached hydrogens (tertiary/aromatic N) is 2. The highest BCUT2D eigenvalue weighted by atomic mass is 19.4. The molecular formula is C24H23F4N3. The summed E-state index contributed by atoms with van der Waals surface area (Å²) in [5, 5.41) is 3.59. The number of nitrogens with one attached hydrogen (secondary N) is 1. The molecule has 1 unspecified atom stereocenters. The minimum atomic E-state index is -4.37. The second-order valence-electron chi connectivity index (χ2n) is 7.72. The lowest BCUT2D eigenvalue weighted by Gasteiger charge is -2.36. The molecule has 1 aliphatic heterocycles. The Morgan fingerprint density at radius 2 is 1.61 bits per heavy atom. The summed E-state index contributed by atoms with van der Waals surface area (Å²) < 4.78 is 53.0. The summed E-state index contributed by atoms with van der Waals surface area (Å²) >= 11 is 0. The molecule has 1 atom stereocenters. The standard InChI is InChI=1S/C24H23F4N3/c25-21-5-1-2-6-22(21)31-14-11-20(12-15-31)30-23(18-4-3-13-29-16-18)17-7-9-19(10-8-17)24(26,27)28/h1-10,13,16,20,23,30H,11-12,14-15H2. The summed E-state index contributed by atoms with van der Waals surface area (Å²) in [5.41, 5.74) is 1.57. The van der Waals surface area contributed by atoms with Gasteiger partial charge in [-0.15, -0.1) is 0 Å². The number of rotatable bonds is 5. The van der Waals surface area contributed by atoms with Gasteiger partial charge in [0.15, 0.2) is 0 Å². The Morgan fingerprint density at radius 3 is 2.23 bits per heavy atom. The van der Waals surface area contributed by atoms with Crippen LogP contribution in [0.1, 0.15) is 35.6 Å². The smallest absolute Gasteiger partial charge is 0.369 e. The van der Waals surface area contributed by atoms with Crippen LogP contribution in [0.5, 0.6) is 0 Å². The second-order valence-corrected chi connectivity index (χ2v) is 7.72. The Labute approximate surface area is 178 Å². The molecule has 0 radical (unpaired) electrons. The Balaban J connectivity index is 1.50. The molecule has 3 aromatic rings. The molecule has 0 amide bonds. The number of anilines is 1. The fourth-order valence-corrected chi connectivity index (χ4v) is 4.03. The van der Waals surface area contributed by atoms with Crippen molar-refractivity contribution in [2.75, 3.05) is 18.0 Å². The van der Waals surface area contributed by atoms with E-state index in [9.17, 15) is 17.6 Å². The number of hydrogen-bond acceptors (Lipinski definition) is 3. The molecule has 0 bridgehead atoms. The molecule has 2 aromatic carbocycles. The van der Waals surface area contributed by atoms with Gasteiger partial charge in [-0.3, -0.25) is 4.98 Å². The van der Waals surface area contributed by atoms with Gasteiger partial charge in [-0.25, -0.2) is 4.39 Å². The molecule has 162 valence electrons. The van der Waals surface area contributed by atoms with E-state index >= 15 is 0 Å². The van der Waals surface area contributed by atoms with Crippen LogP contribution in [-0.4, -0.2) is 24.1 Å². The first-order valence-corrected chi connectivity index (χ1v) is 10.2. The van der Waals surface area contributed by atoms with E-state index in [1.54, 1.807) is 24.5 Å². The Kier molecular flexibility index (Phi) is 6.23. The Morgan fingerprint density at radius 1 is 0.903 bits per heavy atom. The average molecular weight is 429 g/mol. The second kappa shape index (κ2) is 9.06. The van der Waals surface area contributed by atoms with E-state index in [1.165, 1.54) is 18.2 Å². The quantitative estimate of drug-likeness (QED) is 0.536. The van der Waals surface area contributed by atoms with Crippen LogP contribution in [0.4, 0.5) is 23.2 Å². The number of halogens is 4. The number of piperidine rings is 1. The van der Waals surface area contributed by atoms with E-state index < -0.39 is 11.7 Å². The molecule has 1 fully saturated rings. The van der Waals surface area contributed by atoms with Gasteiger partial charge in [-0.1, -0.05) is 30.3 Å². The molecule has 2 heterocycles. The highest BCUT2D eigenvalue weighted by Crippen LogP contribution is 2.32. The minimum absolute atomic E-state index is 0.149. The van der Waals surface area contributed by atoms with E-state index in [2.05, 4.69) is 10.3 Å². The van der Waals surface area contributed by atoms with Crippen molar-refractivity contribution in [3.8, 4) is 0 Å². The summed E-state index contributed by atoms with van der Waals surface area (Å²) in [5.74, 6) is -0.230. The molecule has 1 N–H and O–H groups in total. The van der Waals surface area contributed by atoms with Crippen LogP contribution in [0, 0.1) is 5.82 Å². The Bertz CT molecular complexity index is 982. The van der Waals surface area contributed by atoms with Gasteiger partial charge in [0.1, 0.15) is 5.82 Å². The summed E-state index contributed by atoms with van der Waals surface area (Å²) in [4.78, 5) is 6.20. The van der Waals surface area contributed by atoms with E-state index in [4.69, 9.17) is 0 Å². The minimum Gasteiger partial charge on any atom is -0.369 e. The molecule has 4 rings (SSSR count). The zero-order valence-corrected chi connectivity index (χ0v) is 16.8. The zero-order valence-electron chi connectivity index (χ0n) is 16.8. The van der Waals surface area contributed by atoms with E-state index in [0.717, 1.165) is 36.1 Å². The zero-order chi connectivity index (χ0) is 21.8. The van der Waals surface area contributed by atoms with Crippen molar-refractivity contribution in [1.82, 2.24) is 10.3 Å². The van der Waals surface area contributed by atoms with E-state index in [1.807, 2.05) is 23.1 Å². The maximum absolute atomic E-state index is 14.1. The van der Waals surface area contributed by atoms with Gasteiger partial charge in [0.05, 0.1) is 17.3 Å².